The number of benzene rings is 1. The van der Waals surface area contributed by atoms with Gasteiger partial charge in [0, 0.05) is 12.2 Å². The first-order chi connectivity index (χ1) is 13.5. The van der Waals surface area contributed by atoms with Gasteiger partial charge < -0.3 is 4.57 Å². The van der Waals surface area contributed by atoms with E-state index in [-0.39, 0.29) is 22.5 Å². The van der Waals surface area contributed by atoms with E-state index in [1.54, 1.807) is 6.20 Å². The molecule has 4 rings (SSSR count). The van der Waals surface area contributed by atoms with Crippen LogP contribution in [0.2, 0.25) is 5.02 Å². The standard InChI is InChI=1S/C19H20ClFN4O2S/c20-15-11-14(8-9-16(15)21)28(26,27)23-12-18-24-17-7-4-10-22-19(17)25(18)13-5-2-1-3-6-13/h4,7-11,13,23H,1-3,5-6,12H2. The van der Waals surface area contributed by atoms with Crippen molar-refractivity contribution in [3.05, 3.63) is 53.2 Å². The number of aromatic nitrogens is 3. The van der Waals surface area contributed by atoms with Gasteiger partial charge in [-0.05, 0) is 43.2 Å². The molecule has 0 saturated heterocycles. The van der Waals surface area contributed by atoms with E-state index in [1.807, 2.05) is 12.1 Å². The van der Waals surface area contributed by atoms with Crippen molar-refractivity contribution >= 4 is 32.8 Å². The number of sulfonamides is 1. The van der Waals surface area contributed by atoms with Crippen molar-refractivity contribution in [3.8, 4) is 0 Å². The van der Waals surface area contributed by atoms with Crippen LogP contribution in [-0.4, -0.2) is 23.0 Å². The predicted octanol–water partition coefficient (Wildman–Crippen LogP) is 4.21. The van der Waals surface area contributed by atoms with Gasteiger partial charge in [-0.15, -0.1) is 0 Å². The van der Waals surface area contributed by atoms with Gasteiger partial charge in [0.05, 0.1) is 16.5 Å². The van der Waals surface area contributed by atoms with Crippen molar-refractivity contribution in [1.29, 1.82) is 0 Å². The van der Waals surface area contributed by atoms with Gasteiger partial charge in [-0.25, -0.2) is 27.5 Å². The zero-order valence-corrected chi connectivity index (χ0v) is 16.7. The average molecular weight is 423 g/mol. The molecule has 2 aromatic heterocycles. The minimum atomic E-state index is -3.86. The maximum atomic E-state index is 13.3. The fourth-order valence-electron chi connectivity index (χ4n) is 3.71. The van der Waals surface area contributed by atoms with Crippen molar-refractivity contribution in [2.45, 2.75) is 49.6 Å². The van der Waals surface area contributed by atoms with Crippen molar-refractivity contribution in [3.63, 3.8) is 0 Å². The highest BCUT2D eigenvalue weighted by Crippen LogP contribution is 2.32. The molecule has 0 bridgehead atoms. The van der Waals surface area contributed by atoms with Crippen molar-refractivity contribution in [1.82, 2.24) is 19.3 Å². The van der Waals surface area contributed by atoms with Crippen LogP contribution < -0.4 is 4.72 Å². The van der Waals surface area contributed by atoms with E-state index in [9.17, 15) is 12.8 Å². The van der Waals surface area contributed by atoms with E-state index in [4.69, 9.17) is 11.6 Å². The number of imidazole rings is 1. The second-order valence-electron chi connectivity index (χ2n) is 6.94. The van der Waals surface area contributed by atoms with Gasteiger partial charge in [0.1, 0.15) is 17.2 Å². The Kier molecular flexibility index (Phi) is 5.35. The zero-order chi connectivity index (χ0) is 19.7. The Morgan fingerprint density at radius 3 is 2.75 bits per heavy atom. The normalized spacial score (nSPS) is 15.9. The Bertz CT molecular complexity index is 1110. The molecular formula is C19H20ClFN4O2S. The molecule has 1 aromatic carbocycles. The molecule has 0 spiro atoms. The molecule has 1 aliphatic carbocycles. The fraction of sp³-hybridized carbons (Fsp3) is 0.368. The van der Waals surface area contributed by atoms with E-state index >= 15 is 0 Å². The van der Waals surface area contributed by atoms with E-state index in [0.717, 1.165) is 49.0 Å². The average Bonchev–Trinajstić information content (AvgIpc) is 3.07. The highest BCUT2D eigenvalue weighted by molar-refractivity contribution is 7.89. The molecule has 0 amide bonds. The molecular weight excluding hydrogens is 403 g/mol. The quantitative estimate of drug-likeness (QED) is 0.668. The molecule has 9 heteroatoms. The van der Waals surface area contributed by atoms with Crippen LogP contribution >= 0.6 is 11.6 Å². The van der Waals surface area contributed by atoms with Crippen LogP contribution in [-0.2, 0) is 16.6 Å². The number of halogens is 2. The van der Waals surface area contributed by atoms with E-state index in [1.165, 1.54) is 12.5 Å². The number of pyridine rings is 1. The predicted molar refractivity (Wildman–Crippen MR) is 105 cm³/mol. The minimum Gasteiger partial charge on any atom is -0.308 e. The molecule has 148 valence electrons. The summed E-state index contributed by atoms with van der Waals surface area (Å²) in [6.07, 6.45) is 7.25. The third-order valence-electron chi connectivity index (χ3n) is 5.08. The van der Waals surface area contributed by atoms with Crippen LogP contribution in [0.3, 0.4) is 0 Å². The molecule has 0 atom stereocenters. The number of fused-ring (bicyclic) bond motifs is 1. The molecule has 3 aromatic rings. The summed E-state index contributed by atoms with van der Waals surface area (Å²) in [7, 11) is -3.86. The zero-order valence-electron chi connectivity index (χ0n) is 15.1. The molecule has 2 heterocycles. The SMILES string of the molecule is O=S(=O)(NCc1nc2cccnc2n1C1CCCCC1)c1ccc(F)c(Cl)c1. The first-order valence-corrected chi connectivity index (χ1v) is 11.1. The maximum Gasteiger partial charge on any atom is 0.241 e. The lowest BCUT2D eigenvalue weighted by Gasteiger charge is -2.25. The van der Waals surface area contributed by atoms with Gasteiger partial charge in [-0.2, -0.15) is 0 Å². The number of nitrogens with zero attached hydrogens (tertiary/aromatic N) is 3. The number of rotatable bonds is 5. The lowest BCUT2D eigenvalue weighted by Crippen LogP contribution is -2.26. The second kappa shape index (κ2) is 7.77. The van der Waals surface area contributed by atoms with Gasteiger partial charge in [-0.3, -0.25) is 0 Å². The summed E-state index contributed by atoms with van der Waals surface area (Å²) < 4.78 is 43.2. The summed E-state index contributed by atoms with van der Waals surface area (Å²) in [6, 6.07) is 7.28. The first-order valence-electron chi connectivity index (χ1n) is 9.22. The minimum absolute atomic E-state index is 0.0180. The van der Waals surface area contributed by atoms with E-state index in [0.29, 0.717) is 5.82 Å². The van der Waals surface area contributed by atoms with Crippen LogP contribution in [0.5, 0.6) is 0 Å². The van der Waals surface area contributed by atoms with Gasteiger partial charge in [0.2, 0.25) is 10.0 Å². The Morgan fingerprint density at radius 1 is 1.21 bits per heavy atom. The van der Waals surface area contributed by atoms with E-state index < -0.39 is 15.8 Å². The summed E-state index contributed by atoms with van der Waals surface area (Å²) in [4.78, 5) is 8.98. The Labute approximate surface area is 167 Å². The molecule has 28 heavy (non-hydrogen) atoms. The molecule has 0 radical (unpaired) electrons. The summed E-state index contributed by atoms with van der Waals surface area (Å²) in [6.45, 7) is 0.0180. The van der Waals surface area contributed by atoms with E-state index in [2.05, 4.69) is 19.3 Å². The van der Waals surface area contributed by atoms with Crippen LogP contribution in [0.25, 0.3) is 11.2 Å². The van der Waals surface area contributed by atoms with Crippen molar-refractivity contribution < 1.29 is 12.8 Å². The van der Waals surface area contributed by atoms with Crippen LogP contribution in [0.4, 0.5) is 4.39 Å². The lowest BCUT2D eigenvalue weighted by molar-refractivity contribution is 0.350. The molecule has 0 unspecified atom stereocenters. The molecule has 1 aliphatic rings. The Hall–Kier alpha value is -2.03. The fourth-order valence-corrected chi connectivity index (χ4v) is 4.96. The third kappa shape index (κ3) is 3.76. The van der Waals surface area contributed by atoms with Gasteiger partial charge >= 0.3 is 0 Å². The first kappa shape index (κ1) is 19.3. The van der Waals surface area contributed by atoms with Crippen molar-refractivity contribution in [2.75, 3.05) is 0 Å². The highest BCUT2D eigenvalue weighted by atomic mass is 35.5. The lowest BCUT2D eigenvalue weighted by atomic mass is 9.95. The molecule has 1 saturated carbocycles. The monoisotopic (exact) mass is 422 g/mol. The molecule has 6 nitrogen and oxygen atoms in total. The maximum absolute atomic E-state index is 13.3. The van der Waals surface area contributed by atoms with Gasteiger partial charge in [0.15, 0.2) is 5.65 Å². The molecule has 1 N–H and O–H groups in total. The smallest absolute Gasteiger partial charge is 0.241 e. The molecule has 1 fully saturated rings. The van der Waals surface area contributed by atoms with Crippen molar-refractivity contribution in [2.24, 2.45) is 0 Å². The number of hydrogen-bond donors (Lipinski definition) is 1. The number of hydrogen-bond acceptors (Lipinski definition) is 4. The third-order valence-corrected chi connectivity index (χ3v) is 6.77. The summed E-state index contributed by atoms with van der Waals surface area (Å²) in [5, 5.41) is -0.235. The Morgan fingerprint density at radius 2 is 2.00 bits per heavy atom. The van der Waals surface area contributed by atoms with Gasteiger partial charge in [0.25, 0.3) is 0 Å². The van der Waals surface area contributed by atoms with Crippen LogP contribution in [0.15, 0.2) is 41.4 Å². The van der Waals surface area contributed by atoms with Crippen LogP contribution in [0.1, 0.15) is 44.0 Å². The van der Waals surface area contributed by atoms with Gasteiger partial charge in [-0.1, -0.05) is 30.9 Å². The topological polar surface area (TPSA) is 76.9 Å². The summed E-state index contributed by atoms with van der Waals surface area (Å²) in [5.74, 6) is -0.0387. The summed E-state index contributed by atoms with van der Waals surface area (Å²) in [5.41, 5.74) is 1.51. The summed E-state index contributed by atoms with van der Waals surface area (Å²) >= 11 is 5.73. The number of nitrogens with one attached hydrogen (secondary N) is 1. The highest BCUT2D eigenvalue weighted by Gasteiger charge is 2.23. The Balaban J connectivity index is 1.65. The second-order valence-corrected chi connectivity index (χ2v) is 9.11. The van der Waals surface area contributed by atoms with Crippen LogP contribution in [0, 0.1) is 5.82 Å². The largest absolute Gasteiger partial charge is 0.308 e. The molecule has 0 aliphatic heterocycles.